The van der Waals surface area contributed by atoms with Crippen molar-refractivity contribution in [3.05, 3.63) is 50.2 Å². The minimum absolute atomic E-state index is 0.227. The molecule has 2 rings (SSSR count). The summed E-state index contributed by atoms with van der Waals surface area (Å²) in [5.41, 5.74) is -0.269. The Morgan fingerprint density at radius 3 is 2.38 bits per heavy atom. The number of aromatic nitrogens is 2. The number of rotatable bonds is 6. The smallest absolute Gasteiger partial charge is 0.275 e. The minimum atomic E-state index is -2.84. The molecule has 1 aromatic carbocycles. The first kappa shape index (κ1) is 20.9. The van der Waals surface area contributed by atoms with E-state index in [9.17, 15) is 13.6 Å². The summed E-state index contributed by atoms with van der Waals surface area (Å²) in [6.45, 7) is 1.67. The highest BCUT2D eigenvalue weighted by molar-refractivity contribution is 6.39. The topological polar surface area (TPSA) is 47.4 Å². The van der Waals surface area contributed by atoms with E-state index >= 15 is 0 Å². The van der Waals surface area contributed by atoms with Gasteiger partial charge in [0.05, 0.1) is 18.7 Å². The molecule has 1 amide bonds. The van der Waals surface area contributed by atoms with Crippen molar-refractivity contribution in [2.45, 2.75) is 25.8 Å². The van der Waals surface area contributed by atoms with Crippen molar-refractivity contribution in [1.29, 1.82) is 0 Å². The van der Waals surface area contributed by atoms with E-state index < -0.39 is 23.9 Å². The third kappa shape index (κ3) is 4.46. The molecular formula is C16H16Cl3F2N3O2. The van der Waals surface area contributed by atoms with Crippen LogP contribution >= 0.6 is 34.8 Å². The Balaban J connectivity index is 2.29. The van der Waals surface area contributed by atoms with E-state index in [1.54, 1.807) is 6.92 Å². The summed E-state index contributed by atoms with van der Waals surface area (Å²) >= 11 is 18.2. The van der Waals surface area contributed by atoms with Gasteiger partial charge in [0.25, 0.3) is 12.3 Å². The fourth-order valence-corrected chi connectivity index (χ4v) is 3.52. The number of carbonyl (C=O) groups is 1. The molecule has 0 N–H and O–H groups in total. The van der Waals surface area contributed by atoms with E-state index in [1.165, 1.54) is 26.3 Å². The van der Waals surface area contributed by atoms with Gasteiger partial charge < -0.3 is 0 Å². The zero-order valence-electron chi connectivity index (χ0n) is 14.1. The Bertz CT molecular complexity index is 791. The van der Waals surface area contributed by atoms with E-state index in [2.05, 4.69) is 5.10 Å². The summed E-state index contributed by atoms with van der Waals surface area (Å²) < 4.78 is 27.4. The molecule has 1 heterocycles. The Hall–Kier alpha value is -1.41. The van der Waals surface area contributed by atoms with Gasteiger partial charge in [-0.2, -0.15) is 5.10 Å². The lowest BCUT2D eigenvalue weighted by atomic mass is 10.1. The number of alkyl halides is 2. The second-order valence-corrected chi connectivity index (χ2v) is 6.87. The third-order valence-electron chi connectivity index (χ3n) is 3.70. The average molecular weight is 427 g/mol. The summed E-state index contributed by atoms with van der Waals surface area (Å²) in [5, 5.41) is 5.86. The number of carbonyl (C=O) groups excluding carboxylic acids is 1. The number of benzene rings is 1. The van der Waals surface area contributed by atoms with E-state index in [0.29, 0.717) is 20.6 Å². The molecule has 0 bridgehead atoms. The molecule has 0 aliphatic heterocycles. The molecule has 0 saturated carbocycles. The molecule has 0 radical (unpaired) electrons. The monoisotopic (exact) mass is 425 g/mol. The van der Waals surface area contributed by atoms with Crippen molar-refractivity contribution in [3.8, 4) is 0 Å². The Morgan fingerprint density at radius 2 is 1.88 bits per heavy atom. The largest absolute Gasteiger partial charge is 0.298 e. The van der Waals surface area contributed by atoms with Crippen molar-refractivity contribution < 1.29 is 18.4 Å². The van der Waals surface area contributed by atoms with E-state index in [0.717, 1.165) is 15.9 Å². The Kier molecular flexibility index (Phi) is 6.85. The highest BCUT2D eigenvalue weighted by Gasteiger charge is 2.30. The fraction of sp³-hybridized carbons (Fsp3) is 0.375. The quantitative estimate of drug-likeness (QED) is 0.614. The van der Waals surface area contributed by atoms with Gasteiger partial charge in [-0.1, -0.05) is 34.8 Å². The molecule has 2 aromatic rings. The van der Waals surface area contributed by atoms with E-state index in [-0.39, 0.29) is 12.1 Å². The number of halogens is 5. The van der Waals surface area contributed by atoms with Gasteiger partial charge in [-0.15, -0.1) is 0 Å². The van der Waals surface area contributed by atoms with Crippen LogP contribution < -0.4 is 0 Å². The van der Waals surface area contributed by atoms with Crippen LogP contribution in [0, 0.1) is 0 Å². The fourth-order valence-electron chi connectivity index (χ4n) is 2.55. The molecule has 0 aliphatic carbocycles. The van der Waals surface area contributed by atoms with Crippen LogP contribution in [0.15, 0.2) is 18.3 Å². The van der Waals surface area contributed by atoms with Gasteiger partial charge in [-0.25, -0.2) is 13.8 Å². The van der Waals surface area contributed by atoms with Crippen molar-refractivity contribution in [2.75, 3.05) is 7.11 Å². The van der Waals surface area contributed by atoms with Gasteiger partial charge in [0.1, 0.15) is 0 Å². The average Bonchev–Trinajstić information content (AvgIpc) is 2.93. The van der Waals surface area contributed by atoms with Gasteiger partial charge >= 0.3 is 0 Å². The highest BCUT2D eigenvalue weighted by Crippen LogP contribution is 2.31. The summed E-state index contributed by atoms with van der Waals surface area (Å²) in [7, 11) is 2.72. The van der Waals surface area contributed by atoms with Crippen LogP contribution in [0.25, 0.3) is 0 Å². The third-order valence-corrected chi connectivity index (χ3v) is 4.59. The zero-order valence-corrected chi connectivity index (χ0v) is 16.4. The van der Waals surface area contributed by atoms with Crippen molar-refractivity contribution >= 4 is 40.7 Å². The molecule has 0 spiro atoms. The zero-order chi connectivity index (χ0) is 19.6. The minimum Gasteiger partial charge on any atom is -0.275 e. The second kappa shape index (κ2) is 8.52. The first-order chi connectivity index (χ1) is 12.1. The molecule has 1 aromatic heterocycles. The lowest BCUT2D eigenvalue weighted by Gasteiger charge is -2.27. The second-order valence-electron chi connectivity index (χ2n) is 5.62. The maximum Gasteiger partial charge on any atom is 0.298 e. The molecule has 142 valence electrons. The number of hydrogen-bond acceptors (Lipinski definition) is 3. The molecule has 1 atom stereocenters. The molecule has 0 saturated heterocycles. The molecule has 0 unspecified atom stereocenters. The van der Waals surface area contributed by atoms with E-state index in [1.807, 2.05) is 0 Å². The summed E-state index contributed by atoms with van der Waals surface area (Å²) in [6.07, 6.45) is -1.51. The summed E-state index contributed by atoms with van der Waals surface area (Å²) in [4.78, 5) is 17.8. The van der Waals surface area contributed by atoms with Gasteiger partial charge in [-0.05, 0) is 31.0 Å². The van der Waals surface area contributed by atoms with Crippen LogP contribution in [0.3, 0.4) is 0 Å². The Labute approximate surface area is 164 Å². The predicted octanol–water partition coefficient (Wildman–Crippen LogP) is 4.95. The van der Waals surface area contributed by atoms with Gasteiger partial charge in [0, 0.05) is 28.3 Å². The molecule has 0 aliphatic rings. The number of hydrogen-bond donors (Lipinski definition) is 0. The first-order valence-corrected chi connectivity index (χ1v) is 8.61. The molecule has 26 heavy (non-hydrogen) atoms. The van der Waals surface area contributed by atoms with Crippen molar-refractivity contribution in [3.63, 3.8) is 0 Å². The van der Waals surface area contributed by atoms with Gasteiger partial charge in [0.2, 0.25) is 0 Å². The lowest BCUT2D eigenvalue weighted by Crippen LogP contribution is -2.39. The SMILES string of the molecule is CON(C(=O)c1nn(C)cc1C(F)F)[C@H](C)Cc1c(Cl)cc(Cl)cc1Cl. The summed E-state index contributed by atoms with van der Waals surface area (Å²) in [6, 6.07) is 2.50. The normalized spacial score (nSPS) is 12.5. The lowest BCUT2D eigenvalue weighted by molar-refractivity contribution is -0.119. The number of nitrogens with zero attached hydrogens (tertiary/aromatic N) is 3. The number of aryl methyl sites for hydroxylation is 1. The van der Waals surface area contributed by atoms with Crippen molar-refractivity contribution in [2.24, 2.45) is 7.05 Å². The van der Waals surface area contributed by atoms with Crippen LogP contribution in [0.5, 0.6) is 0 Å². The number of hydroxylamine groups is 2. The standard InChI is InChI=1S/C16H16Cl3F2N3O2/c1-8(4-10-12(18)5-9(17)6-13(10)19)24(26-3)16(25)14-11(15(20)21)7-23(2)22-14/h5-8,15H,4H2,1-3H3/t8-/m1/s1. The number of amides is 1. The van der Waals surface area contributed by atoms with Crippen LogP contribution in [0.2, 0.25) is 15.1 Å². The van der Waals surface area contributed by atoms with Crippen LogP contribution in [-0.2, 0) is 18.3 Å². The molecular weight excluding hydrogens is 411 g/mol. The maximum atomic E-state index is 13.1. The van der Waals surface area contributed by atoms with Crippen molar-refractivity contribution in [1.82, 2.24) is 14.8 Å². The molecule has 0 fully saturated rings. The molecule has 10 heteroatoms. The Morgan fingerprint density at radius 1 is 1.31 bits per heavy atom. The molecule has 5 nitrogen and oxygen atoms in total. The van der Waals surface area contributed by atoms with Crippen LogP contribution in [0.4, 0.5) is 8.78 Å². The van der Waals surface area contributed by atoms with Gasteiger partial charge in [0.15, 0.2) is 5.69 Å². The van der Waals surface area contributed by atoms with Crippen LogP contribution in [-0.4, -0.2) is 33.9 Å². The first-order valence-electron chi connectivity index (χ1n) is 7.48. The predicted molar refractivity (Wildman–Crippen MR) is 96.0 cm³/mol. The van der Waals surface area contributed by atoms with Crippen LogP contribution in [0.1, 0.15) is 35.0 Å². The highest BCUT2D eigenvalue weighted by atomic mass is 35.5. The van der Waals surface area contributed by atoms with Gasteiger partial charge in [-0.3, -0.25) is 14.3 Å². The maximum absolute atomic E-state index is 13.1. The van der Waals surface area contributed by atoms with E-state index in [4.69, 9.17) is 39.6 Å². The summed E-state index contributed by atoms with van der Waals surface area (Å²) in [5.74, 6) is -0.780.